The lowest BCUT2D eigenvalue weighted by Gasteiger charge is -2.39. The zero-order chi connectivity index (χ0) is 11.6. The predicted molar refractivity (Wildman–Crippen MR) is 59.3 cm³/mol. The van der Waals surface area contributed by atoms with Gasteiger partial charge in [0.2, 0.25) is 5.91 Å². The number of pyridine rings is 1. The van der Waals surface area contributed by atoms with Crippen LogP contribution in [0.25, 0.3) is 0 Å². The fourth-order valence-electron chi connectivity index (χ4n) is 2.14. The van der Waals surface area contributed by atoms with Gasteiger partial charge in [-0.3, -0.25) is 9.78 Å². The maximum Gasteiger partial charge on any atom is 0.244 e. The van der Waals surface area contributed by atoms with Crippen molar-refractivity contribution in [3.63, 3.8) is 0 Å². The van der Waals surface area contributed by atoms with Crippen LogP contribution in [0.15, 0.2) is 24.5 Å². The summed E-state index contributed by atoms with van der Waals surface area (Å²) in [6.45, 7) is 2.05. The Bertz CT molecular complexity index is 429. The SMILES string of the molecule is CC1CC(C#N)(C(=O)Nc2ccncc2)C1. The van der Waals surface area contributed by atoms with Crippen LogP contribution in [0.1, 0.15) is 19.8 Å². The molecule has 1 aromatic heterocycles. The Kier molecular flexibility index (Phi) is 2.61. The summed E-state index contributed by atoms with van der Waals surface area (Å²) in [6, 6.07) is 5.56. The molecule has 0 aromatic carbocycles. The Morgan fingerprint density at radius 2 is 2.19 bits per heavy atom. The highest BCUT2D eigenvalue weighted by Crippen LogP contribution is 2.45. The zero-order valence-electron chi connectivity index (χ0n) is 9.10. The van der Waals surface area contributed by atoms with E-state index in [-0.39, 0.29) is 5.91 Å². The summed E-state index contributed by atoms with van der Waals surface area (Å²) < 4.78 is 0. The minimum absolute atomic E-state index is 0.195. The molecule has 2 rings (SSSR count). The van der Waals surface area contributed by atoms with Crippen LogP contribution in [0.3, 0.4) is 0 Å². The Morgan fingerprint density at radius 1 is 1.56 bits per heavy atom. The van der Waals surface area contributed by atoms with Gasteiger partial charge in [0.15, 0.2) is 0 Å². The molecule has 1 aliphatic rings. The van der Waals surface area contributed by atoms with Gasteiger partial charge in [0.05, 0.1) is 6.07 Å². The molecule has 1 amide bonds. The molecule has 1 aliphatic carbocycles. The minimum atomic E-state index is -0.817. The molecule has 1 aromatic rings. The molecule has 0 radical (unpaired) electrons. The molecule has 1 N–H and O–H groups in total. The second-order valence-electron chi connectivity index (χ2n) is 4.40. The Hall–Kier alpha value is -1.89. The second kappa shape index (κ2) is 3.93. The fraction of sp³-hybridized carbons (Fsp3) is 0.417. The van der Waals surface area contributed by atoms with Crippen molar-refractivity contribution in [3.8, 4) is 6.07 Å². The molecule has 4 heteroatoms. The number of hydrogen-bond acceptors (Lipinski definition) is 3. The molecule has 0 unspecified atom stereocenters. The van der Waals surface area contributed by atoms with Crippen molar-refractivity contribution in [1.82, 2.24) is 4.98 Å². The van der Waals surface area contributed by atoms with Crippen LogP contribution in [0.5, 0.6) is 0 Å². The molecule has 1 saturated carbocycles. The number of carbonyl (C=O) groups excluding carboxylic acids is 1. The van der Waals surface area contributed by atoms with Gasteiger partial charge in [0.25, 0.3) is 0 Å². The predicted octanol–water partition coefficient (Wildman–Crippen LogP) is 1.96. The Labute approximate surface area is 94.3 Å². The van der Waals surface area contributed by atoms with E-state index in [4.69, 9.17) is 5.26 Å². The highest BCUT2D eigenvalue weighted by molar-refractivity contribution is 5.97. The molecule has 16 heavy (non-hydrogen) atoms. The summed E-state index contributed by atoms with van der Waals surface area (Å²) in [6.07, 6.45) is 4.52. The fourth-order valence-corrected chi connectivity index (χ4v) is 2.14. The highest BCUT2D eigenvalue weighted by atomic mass is 16.2. The maximum absolute atomic E-state index is 11.9. The summed E-state index contributed by atoms with van der Waals surface area (Å²) >= 11 is 0. The van der Waals surface area contributed by atoms with E-state index in [2.05, 4.69) is 23.3 Å². The van der Waals surface area contributed by atoms with Crippen molar-refractivity contribution in [2.24, 2.45) is 11.3 Å². The lowest BCUT2D eigenvalue weighted by Crippen LogP contribution is -2.45. The molecule has 0 saturated heterocycles. The number of nitrogens with zero attached hydrogens (tertiary/aromatic N) is 2. The van der Waals surface area contributed by atoms with Crippen molar-refractivity contribution in [2.75, 3.05) is 5.32 Å². The van der Waals surface area contributed by atoms with Gasteiger partial charge in [-0.2, -0.15) is 5.26 Å². The van der Waals surface area contributed by atoms with E-state index in [1.807, 2.05) is 0 Å². The zero-order valence-corrected chi connectivity index (χ0v) is 9.10. The number of anilines is 1. The topological polar surface area (TPSA) is 65.8 Å². The molecular formula is C12H13N3O. The second-order valence-corrected chi connectivity index (χ2v) is 4.40. The van der Waals surface area contributed by atoms with Crippen LogP contribution >= 0.6 is 0 Å². The molecule has 0 bridgehead atoms. The molecule has 1 fully saturated rings. The van der Waals surface area contributed by atoms with Gasteiger partial charge in [-0.05, 0) is 30.9 Å². The Morgan fingerprint density at radius 3 is 2.69 bits per heavy atom. The lowest BCUT2D eigenvalue weighted by atomic mass is 9.63. The van der Waals surface area contributed by atoms with E-state index < -0.39 is 5.41 Å². The molecule has 82 valence electrons. The van der Waals surface area contributed by atoms with E-state index >= 15 is 0 Å². The number of hydrogen-bond donors (Lipinski definition) is 1. The molecule has 4 nitrogen and oxygen atoms in total. The third-order valence-electron chi connectivity index (χ3n) is 2.98. The summed E-state index contributed by atoms with van der Waals surface area (Å²) in [7, 11) is 0. The van der Waals surface area contributed by atoms with Crippen LogP contribution in [0.2, 0.25) is 0 Å². The summed E-state index contributed by atoms with van der Waals surface area (Å²) in [5, 5.41) is 11.8. The van der Waals surface area contributed by atoms with E-state index in [0.717, 1.165) is 0 Å². The third kappa shape index (κ3) is 1.76. The normalized spacial score (nSPS) is 27.6. The van der Waals surface area contributed by atoms with Gasteiger partial charge in [-0.15, -0.1) is 0 Å². The van der Waals surface area contributed by atoms with Gasteiger partial charge in [-0.25, -0.2) is 0 Å². The van der Waals surface area contributed by atoms with Crippen LogP contribution in [-0.4, -0.2) is 10.9 Å². The first-order valence-electron chi connectivity index (χ1n) is 5.29. The van der Waals surface area contributed by atoms with Gasteiger partial charge in [-0.1, -0.05) is 6.92 Å². The monoisotopic (exact) mass is 215 g/mol. The number of nitrogens with one attached hydrogen (secondary N) is 1. The first-order valence-corrected chi connectivity index (χ1v) is 5.29. The van der Waals surface area contributed by atoms with Crippen LogP contribution < -0.4 is 5.32 Å². The van der Waals surface area contributed by atoms with Crippen LogP contribution in [-0.2, 0) is 4.79 Å². The van der Waals surface area contributed by atoms with E-state index in [1.54, 1.807) is 24.5 Å². The van der Waals surface area contributed by atoms with Crippen LogP contribution in [0.4, 0.5) is 5.69 Å². The largest absolute Gasteiger partial charge is 0.325 e. The average Bonchev–Trinajstić information content (AvgIpc) is 2.25. The average molecular weight is 215 g/mol. The third-order valence-corrected chi connectivity index (χ3v) is 2.98. The highest BCUT2D eigenvalue weighted by Gasteiger charge is 2.48. The van der Waals surface area contributed by atoms with Crippen LogP contribution in [0, 0.1) is 22.7 Å². The van der Waals surface area contributed by atoms with Crippen molar-refractivity contribution >= 4 is 11.6 Å². The smallest absolute Gasteiger partial charge is 0.244 e. The number of aromatic nitrogens is 1. The van der Waals surface area contributed by atoms with Crippen molar-refractivity contribution in [3.05, 3.63) is 24.5 Å². The first kappa shape index (κ1) is 10.6. The summed E-state index contributed by atoms with van der Waals surface area (Å²) in [5.74, 6) is 0.266. The number of nitriles is 1. The number of rotatable bonds is 2. The summed E-state index contributed by atoms with van der Waals surface area (Å²) in [5.41, 5.74) is -0.128. The van der Waals surface area contributed by atoms with Crippen molar-refractivity contribution in [1.29, 1.82) is 5.26 Å². The lowest BCUT2D eigenvalue weighted by molar-refractivity contribution is -0.128. The molecular weight excluding hydrogens is 202 g/mol. The molecule has 1 heterocycles. The van der Waals surface area contributed by atoms with E-state index in [9.17, 15) is 4.79 Å². The molecule has 0 aliphatic heterocycles. The maximum atomic E-state index is 11.9. The van der Waals surface area contributed by atoms with Crippen molar-refractivity contribution < 1.29 is 4.79 Å². The quantitative estimate of drug-likeness (QED) is 0.820. The summed E-state index contributed by atoms with van der Waals surface area (Å²) in [4.78, 5) is 15.8. The first-order chi connectivity index (χ1) is 7.66. The molecule has 0 spiro atoms. The van der Waals surface area contributed by atoms with Gasteiger partial charge in [0, 0.05) is 18.1 Å². The standard InChI is InChI=1S/C12H13N3O/c1-9-6-12(7-9,8-13)11(16)15-10-2-4-14-5-3-10/h2-5,9H,6-7H2,1H3,(H,14,15,16). The van der Waals surface area contributed by atoms with E-state index in [0.29, 0.717) is 24.4 Å². The Balaban J connectivity index is 2.07. The molecule has 0 atom stereocenters. The minimum Gasteiger partial charge on any atom is -0.325 e. The van der Waals surface area contributed by atoms with E-state index in [1.165, 1.54) is 0 Å². The number of carbonyl (C=O) groups is 1. The van der Waals surface area contributed by atoms with Gasteiger partial charge < -0.3 is 5.32 Å². The number of amides is 1. The van der Waals surface area contributed by atoms with Gasteiger partial charge >= 0.3 is 0 Å². The van der Waals surface area contributed by atoms with Crippen molar-refractivity contribution in [2.45, 2.75) is 19.8 Å². The van der Waals surface area contributed by atoms with Gasteiger partial charge in [0.1, 0.15) is 5.41 Å².